The molecule has 110 valence electrons. The maximum absolute atomic E-state index is 12.4. The number of sulfonamides is 1. The van der Waals surface area contributed by atoms with Crippen molar-refractivity contribution in [3.05, 3.63) is 23.9 Å². The number of hydrogen-bond donors (Lipinski definition) is 1. The summed E-state index contributed by atoms with van der Waals surface area (Å²) in [5.74, 6) is -1.12. The van der Waals surface area contributed by atoms with E-state index in [2.05, 4.69) is 4.98 Å². The van der Waals surface area contributed by atoms with Crippen molar-refractivity contribution in [2.24, 2.45) is 0 Å². The lowest BCUT2D eigenvalue weighted by Gasteiger charge is -2.30. The predicted octanol–water partition coefficient (Wildman–Crippen LogP) is 1.73. The average molecular weight is 298 g/mol. The van der Waals surface area contributed by atoms with Crippen LogP contribution in [0.25, 0.3) is 0 Å². The first-order valence-electron chi connectivity index (χ1n) is 6.60. The van der Waals surface area contributed by atoms with Gasteiger partial charge in [-0.1, -0.05) is 19.3 Å². The molecule has 0 aromatic carbocycles. The average Bonchev–Trinajstić information content (AvgIpc) is 2.47. The van der Waals surface area contributed by atoms with Crippen LogP contribution in [0.5, 0.6) is 0 Å². The van der Waals surface area contributed by atoms with E-state index in [0.29, 0.717) is 0 Å². The van der Waals surface area contributed by atoms with Gasteiger partial charge in [0.15, 0.2) is 5.03 Å². The van der Waals surface area contributed by atoms with Gasteiger partial charge < -0.3 is 5.11 Å². The van der Waals surface area contributed by atoms with Crippen LogP contribution in [0, 0.1) is 0 Å². The molecule has 0 bridgehead atoms. The highest BCUT2D eigenvalue weighted by atomic mass is 32.2. The maximum Gasteiger partial charge on any atom is 0.337 e. The summed E-state index contributed by atoms with van der Waals surface area (Å²) in [5.41, 5.74) is -0.0238. The minimum absolute atomic E-state index is 0.00898. The van der Waals surface area contributed by atoms with Gasteiger partial charge in [-0.2, -0.15) is 4.31 Å². The van der Waals surface area contributed by atoms with Crippen LogP contribution < -0.4 is 0 Å². The zero-order valence-electron chi connectivity index (χ0n) is 11.3. The van der Waals surface area contributed by atoms with Crippen LogP contribution in [0.15, 0.2) is 23.4 Å². The molecule has 2 rings (SSSR count). The zero-order valence-corrected chi connectivity index (χ0v) is 12.1. The second-order valence-electron chi connectivity index (χ2n) is 5.00. The molecule has 1 saturated carbocycles. The summed E-state index contributed by atoms with van der Waals surface area (Å²) < 4.78 is 26.2. The monoisotopic (exact) mass is 298 g/mol. The molecule has 1 aliphatic rings. The minimum atomic E-state index is -3.65. The van der Waals surface area contributed by atoms with Crippen LogP contribution in [0.3, 0.4) is 0 Å². The van der Waals surface area contributed by atoms with E-state index in [9.17, 15) is 13.2 Å². The van der Waals surface area contributed by atoms with Gasteiger partial charge in [0.2, 0.25) is 0 Å². The highest BCUT2D eigenvalue weighted by Crippen LogP contribution is 2.25. The fourth-order valence-corrected chi connectivity index (χ4v) is 3.77. The molecule has 0 aliphatic heterocycles. The second-order valence-corrected chi connectivity index (χ2v) is 6.95. The van der Waals surface area contributed by atoms with E-state index < -0.39 is 16.0 Å². The number of pyridine rings is 1. The quantitative estimate of drug-likeness (QED) is 0.914. The van der Waals surface area contributed by atoms with Crippen LogP contribution in [-0.2, 0) is 10.0 Å². The Balaban J connectivity index is 2.22. The van der Waals surface area contributed by atoms with Crippen molar-refractivity contribution >= 4 is 16.0 Å². The summed E-state index contributed by atoms with van der Waals surface area (Å²) in [6.07, 6.45) is 6.03. The molecule has 0 unspecified atom stereocenters. The molecule has 1 aromatic heterocycles. The lowest BCUT2D eigenvalue weighted by molar-refractivity contribution is 0.0696. The van der Waals surface area contributed by atoms with E-state index in [0.717, 1.165) is 38.3 Å². The lowest BCUT2D eigenvalue weighted by atomic mass is 9.96. The largest absolute Gasteiger partial charge is 0.478 e. The lowest BCUT2D eigenvalue weighted by Crippen LogP contribution is -2.38. The first-order chi connectivity index (χ1) is 9.43. The Morgan fingerprint density at radius 3 is 2.45 bits per heavy atom. The molecule has 1 N–H and O–H groups in total. The minimum Gasteiger partial charge on any atom is -0.478 e. The van der Waals surface area contributed by atoms with E-state index in [4.69, 9.17) is 5.11 Å². The number of carbonyl (C=O) groups is 1. The van der Waals surface area contributed by atoms with Crippen molar-refractivity contribution < 1.29 is 18.3 Å². The summed E-state index contributed by atoms with van der Waals surface area (Å²) in [7, 11) is -2.08. The van der Waals surface area contributed by atoms with Crippen LogP contribution in [0.2, 0.25) is 0 Å². The molecule has 1 fully saturated rings. The summed E-state index contributed by atoms with van der Waals surface area (Å²) in [5, 5.41) is 8.69. The molecular weight excluding hydrogens is 280 g/mol. The fraction of sp³-hybridized carbons (Fsp3) is 0.538. The molecule has 1 heterocycles. The molecule has 6 nitrogen and oxygen atoms in total. The van der Waals surface area contributed by atoms with E-state index in [1.165, 1.54) is 16.4 Å². The van der Waals surface area contributed by atoms with Gasteiger partial charge in [-0.05, 0) is 25.0 Å². The van der Waals surface area contributed by atoms with Crippen LogP contribution >= 0.6 is 0 Å². The molecule has 7 heteroatoms. The van der Waals surface area contributed by atoms with E-state index >= 15 is 0 Å². The maximum atomic E-state index is 12.4. The summed E-state index contributed by atoms with van der Waals surface area (Å²) in [6.45, 7) is 0. The topological polar surface area (TPSA) is 87.6 Å². The van der Waals surface area contributed by atoms with Gasteiger partial charge in [-0.25, -0.2) is 18.2 Å². The van der Waals surface area contributed by atoms with Crippen molar-refractivity contribution in [1.82, 2.24) is 9.29 Å². The number of carboxylic acids is 1. The smallest absolute Gasteiger partial charge is 0.337 e. The van der Waals surface area contributed by atoms with Crippen LogP contribution in [-0.4, -0.2) is 41.9 Å². The molecule has 0 radical (unpaired) electrons. The molecule has 0 saturated heterocycles. The first-order valence-corrected chi connectivity index (χ1v) is 8.04. The van der Waals surface area contributed by atoms with Gasteiger partial charge in [0.05, 0.1) is 5.56 Å². The Morgan fingerprint density at radius 2 is 1.95 bits per heavy atom. The standard InChI is InChI=1S/C13H18N2O4S/c1-15(11-5-3-2-4-6-11)20(18,19)12-8-7-10(9-14-12)13(16)17/h7-9,11H,2-6H2,1H3,(H,16,17). The summed E-state index contributed by atoms with van der Waals surface area (Å²) in [4.78, 5) is 14.5. The molecule has 1 aliphatic carbocycles. The van der Waals surface area contributed by atoms with Crippen molar-refractivity contribution in [3.63, 3.8) is 0 Å². The van der Waals surface area contributed by atoms with Gasteiger partial charge in [0.1, 0.15) is 0 Å². The Morgan fingerprint density at radius 1 is 1.30 bits per heavy atom. The Labute approximate surface area is 118 Å². The molecule has 20 heavy (non-hydrogen) atoms. The molecule has 0 amide bonds. The Kier molecular flexibility index (Phi) is 4.39. The van der Waals surface area contributed by atoms with Gasteiger partial charge in [0.25, 0.3) is 10.0 Å². The van der Waals surface area contributed by atoms with E-state index in [1.54, 1.807) is 7.05 Å². The van der Waals surface area contributed by atoms with Crippen LogP contribution in [0.1, 0.15) is 42.5 Å². The van der Waals surface area contributed by atoms with Crippen molar-refractivity contribution in [3.8, 4) is 0 Å². The molecule has 0 spiro atoms. The SMILES string of the molecule is CN(C1CCCCC1)S(=O)(=O)c1ccc(C(=O)O)cn1. The third-order valence-corrected chi connectivity index (χ3v) is 5.54. The van der Waals surface area contributed by atoms with Crippen molar-refractivity contribution in [2.45, 2.75) is 43.2 Å². The van der Waals surface area contributed by atoms with Crippen LogP contribution in [0.4, 0.5) is 0 Å². The summed E-state index contributed by atoms with van der Waals surface area (Å²) >= 11 is 0. The Bertz CT molecular complexity index is 577. The molecule has 0 atom stereocenters. The van der Waals surface area contributed by atoms with Gasteiger partial charge >= 0.3 is 5.97 Å². The van der Waals surface area contributed by atoms with E-state index in [1.807, 2.05) is 0 Å². The zero-order chi connectivity index (χ0) is 14.8. The second kappa shape index (κ2) is 5.88. The van der Waals surface area contributed by atoms with Gasteiger partial charge in [-0.15, -0.1) is 0 Å². The van der Waals surface area contributed by atoms with Crippen molar-refractivity contribution in [2.75, 3.05) is 7.05 Å². The highest BCUT2D eigenvalue weighted by Gasteiger charge is 2.29. The Hall–Kier alpha value is -1.47. The number of rotatable bonds is 4. The highest BCUT2D eigenvalue weighted by molar-refractivity contribution is 7.89. The molecule has 1 aromatic rings. The van der Waals surface area contributed by atoms with Gasteiger partial charge in [-0.3, -0.25) is 0 Å². The summed E-state index contributed by atoms with van der Waals surface area (Å²) in [6, 6.07) is 2.52. The number of hydrogen-bond acceptors (Lipinski definition) is 4. The third kappa shape index (κ3) is 2.99. The number of aromatic nitrogens is 1. The molecular formula is C13H18N2O4S. The third-order valence-electron chi connectivity index (χ3n) is 3.72. The first kappa shape index (κ1) is 14.9. The fourth-order valence-electron chi connectivity index (χ4n) is 2.45. The normalized spacial score (nSPS) is 17.3. The predicted molar refractivity (Wildman–Crippen MR) is 73.0 cm³/mol. The number of nitrogens with zero attached hydrogens (tertiary/aromatic N) is 2. The number of carboxylic acid groups (broad SMARTS) is 1. The number of aromatic carboxylic acids is 1. The van der Waals surface area contributed by atoms with E-state index in [-0.39, 0.29) is 16.6 Å². The van der Waals surface area contributed by atoms with Crippen molar-refractivity contribution in [1.29, 1.82) is 0 Å². The van der Waals surface area contributed by atoms with Gasteiger partial charge in [0, 0.05) is 19.3 Å².